The third-order valence-corrected chi connectivity index (χ3v) is 2.36. The minimum Gasteiger partial charge on any atom is -0.432 e. The highest BCUT2D eigenvalue weighted by Gasteiger charge is 2.00. The molecule has 0 aromatic heterocycles. The average Bonchev–Trinajstić information content (AvgIpc) is 2.40. The third-order valence-electron chi connectivity index (χ3n) is 2.36. The van der Waals surface area contributed by atoms with Crippen molar-refractivity contribution in [2.24, 2.45) is 5.16 Å². The average molecular weight is 257 g/mol. The van der Waals surface area contributed by atoms with Crippen molar-refractivity contribution in [1.82, 2.24) is 0 Å². The first-order valence-corrected chi connectivity index (χ1v) is 5.65. The SMILES string of the molecule is O/N=C/c1cccc(O/C(F)=C/c2ccccc2)c1. The molecule has 0 saturated heterocycles. The summed E-state index contributed by atoms with van der Waals surface area (Å²) >= 11 is 0. The van der Waals surface area contributed by atoms with Crippen molar-refractivity contribution >= 4 is 12.3 Å². The van der Waals surface area contributed by atoms with E-state index in [0.29, 0.717) is 16.9 Å². The lowest BCUT2D eigenvalue weighted by Crippen LogP contribution is -1.91. The minimum absolute atomic E-state index is 0.335. The molecule has 4 heteroatoms. The number of halogens is 1. The Hall–Kier alpha value is -2.62. The van der Waals surface area contributed by atoms with Gasteiger partial charge in [-0.1, -0.05) is 47.6 Å². The highest BCUT2D eigenvalue weighted by atomic mass is 19.1. The molecule has 0 aliphatic rings. The number of hydrogen-bond acceptors (Lipinski definition) is 3. The van der Waals surface area contributed by atoms with E-state index in [9.17, 15) is 4.39 Å². The minimum atomic E-state index is -0.704. The maximum Gasteiger partial charge on any atom is 0.278 e. The van der Waals surface area contributed by atoms with Crippen LogP contribution in [0.25, 0.3) is 6.08 Å². The standard InChI is InChI=1S/C15H12FNO2/c16-15(10-12-5-2-1-3-6-12)19-14-8-4-7-13(9-14)11-17-18/h1-11,18H/b15-10+,17-11+. The summed E-state index contributed by atoms with van der Waals surface area (Å²) in [5, 5.41) is 11.3. The Bertz CT molecular complexity index is 594. The van der Waals surface area contributed by atoms with Crippen LogP contribution in [0.15, 0.2) is 65.8 Å². The first-order valence-electron chi connectivity index (χ1n) is 5.65. The van der Waals surface area contributed by atoms with Gasteiger partial charge in [-0.15, -0.1) is 0 Å². The molecule has 1 N–H and O–H groups in total. The van der Waals surface area contributed by atoms with Crippen molar-refractivity contribution < 1.29 is 14.3 Å². The monoisotopic (exact) mass is 257 g/mol. The summed E-state index contributed by atoms with van der Waals surface area (Å²) in [6, 6.07) is 14.9. The zero-order chi connectivity index (χ0) is 13.5. The highest BCUT2D eigenvalue weighted by Crippen LogP contribution is 2.17. The van der Waals surface area contributed by atoms with Crippen LogP contribution < -0.4 is 4.74 Å². The lowest BCUT2D eigenvalue weighted by molar-refractivity contribution is 0.308. The zero-order valence-electron chi connectivity index (χ0n) is 10.0. The Balaban J connectivity index is 2.12. The fourth-order valence-electron chi connectivity index (χ4n) is 1.55. The number of ether oxygens (including phenoxy) is 1. The smallest absolute Gasteiger partial charge is 0.278 e. The summed E-state index contributed by atoms with van der Waals surface area (Å²) in [6.45, 7) is 0. The topological polar surface area (TPSA) is 41.8 Å². The number of rotatable bonds is 4. The first-order chi connectivity index (χ1) is 9.28. The van der Waals surface area contributed by atoms with Crippen LogP contribution >= 0.6 is 0 Å². The van der Waals surface area contributed by atoms with Gasteiger partial charge in [0, 0.05) is 6.08 Å². The van der Waals surface area contributed by atoms with E-state index in [1.807, 2.05) is 18.2 Å². The van der Waals surface area contributed by atoms with E-state index in [4.69, 9.17) is 9.94 Å². The van der Waals surface area contributed by atoms with E-state index in [0.717, 1.165) is 0 Å². The van der Waals surface area contributed by atoms with Crippen molar-refractivity contribution in [3.8, 4) is 5.75 Å². The first kappa shape index (κ1) is 12.8. The van der Waals surface area contributed by atoms with Crippen LogP contribution in [-0.4, -0.2) is 11.4 Å². The predicted octanol–water partition coefficient (Wildman–Crippen LogP) is 3.84. The van der Waals surface area contributed by atoms with E-state index < -0.39 is 6.01 Å². The summed E-state index contributed by atoms with van der Waals surface area (Å²) < 4.78 is 18.7. The molecule has 0 spiro atoms. The second-order valence-electron chi connectivity index (χ2n) is 3.78. The molecule has 0 fully saturated rings. The molecule has 2 aromatic carbocycles. The van der Waals surface area contributed by atoms with Gasteiger partial charge in [0.05, 0.1) is 6.21 Å². The Kier molecular flexibility index (Phi) is 4.29. The molecule has 0 aliphatic heterocycles. The molecule has 0 bridgehead atoms. The quantitative estimate of drug-likeness (QED) is 0.391. The number of benzene rings is 2. The molecule has 0 amide bonds. The summed E-state index contributed by atoms with van der Waals surface area (Å²) in [4.78, 5) is 0. The predicted molar refractivity (Wildman–Crippen MR) is 72.0 cm³/mol. The third kappa shape index (κ3) is 3.96. The Labute approximate surface area is 110 Å². The lowest BCUT2D eigenvalue weighted by Gasteiger charge is -2.03. The van der Waals surface area contributed by atoms with E-state index in [1.165, 1.54) is 12.3 Å². The fraction of sp³-hybridized carbons (Fsp3) is 0. The van der Waals surface area contributed by atoms with Crippen molar-refractivity contribution in [1.29, 1.82) is 0 Å². The van der Waals surface area contributed by atoms with Gasteiger partial charge in [-0.25, -0.2) is 0 Å². The normalized spacial score (nSPS) is 11.7. The molecule has 0 atom stereocenters. The second-order valence-corrected chi connectivity index (χ2v) is 3.78. The van der Waals surface area contributed by atoms with Gasteiger partial charge in [-0.3, -0.25) is 0 Å². The summed E-state index contributed by atoms with van der Waals surface area (Å²) in [7, 11) is 0. The summed E-state index contributed by atoms with van der Waals surface area (Å²) in [5.41, 5.74) is 1.33. The molecule has 0 heterocycles. The van der Waals surface area contributed by atoms with Crippen molar-refractivity contribution in [3.63, 3.8) is 0 Å². The Morgan fingerprint density at radius 1 is 1.05 bits per heavy atom. The second kappa shape index (κ2) is 6.35. The van der Waals surface area contributed by atoms with Crippen LogP contribution in [-0.2, 0) is 0 Å². The van der Waals surface area contributed by atoms with Gasteiger partial charge in [-0.2, -0.15) is 4.39 Å². The molecule has 0 unspecified atom stereocenters. The van der Waals surface area contributed by atoms with Crippen LogP contribution in [0, 0.1) is 0 Å². The molecule has 19 heavy (non-hydrogen) atoms. The number of nitrogens with zero attached hydrogens (tertiary/aromatic N) is 1. The molecular formula is C15H12FNO2. The maximum absolute atomic E-state index is 13.6. The highest BCUT2D eigenvalue weighted by molar-refractivity contribution is 5.79. The van der Waals surface area contributed by atoms with Crippen molar-refractivity contribution in [2.45, 2.75) is 0 Å². The molecule has 2 aromatic rings. The van der Waals surface area contributed by atoms with Crippen LogP contribution in [0.1, 0.15) is 11.1 Å². The molecule has 0 saturated carbocycles. The van der Waals surface area contributed by atoms with Gasteiger partial charge < -0.3 is 9.94 Å². The van der Waals surface area contributed by atoms with Crippen LogP contribution in [0.4, 0.5) is 4.39 Å². The molecular weight excluding hydrogens is 245 g/mol. The van der Waals surface area contributed by atoms with Crippen LogP contribution in [0.3, 0.4) is 0 Å². The van der Waals surface area contributed by atoms with Crippen molar-refractivity contribution in [2.75, 3.05) is 0 Å². The fourth-order valence-corrected chi connectivity index (χ4v) is 1.55. The van der Waals surface area contributed by atoms with Gasteiger partial charge >= 0.3 is 0 Å². The largest absolute Gasteiger partial charge is 0.432 e. The summed E-state index contributed by atoms with van der Waals surface area (Å²) in [5.74, 6) is 0.335. The van der Waals surface area contributed by atoms with Gasteiger partial charge in [0.1, 0.15) is 5.75 Å². The Morgan fingerprint density at radius 3 is 2.53 bits per heavy atom. The summed E-state index contributed by atoms with van der Waals surface area (Å²) in [6.07, 6.45) is 2.54. The Morgan fingerprint density at radius 2 is 1.79 bits per heavy atom. The molecule has 0 radical (unpaired) electrons. The number of hydrogen-bond donors (Lipinski definition) is 1. The molecule has 96 valence electrons. The van der Waals surface area contributed by atoms with Crippen LogP contribution in [0.5, 0.6) is 5.75 Å². The van der Waals surface area contributed by atoms with E-state index in [2.05, 4.69) is 5.16 Å². The lowest BCUT2D eigenvalue weighted by atomic mass is 10.2. The van der Waals surface area contributed by atoms with Crippen molar-refractivity contribution in [3.05, 3.63) is 71.7 Å². The van der Waals surface area contributed by atoms with Gasteiger partial charge in [0.2, 0.25) is 0 Å². The zero-order valence-corrected chi connectivity index (χ0v) is 10.0. The molecule has 3 nitrogen and oxygen atoms in total. The van der Waals surface area contributed by atoms with E-state index >= 15 is 0 Å². The molecule has 0 aliphatic carbocycles. The van der Waals surface area contributed by atoms with E-state index in [-0.39, 0.29) is 0 Å². The molecule has 2 rings (SSSR count). The van der Waals surface area contributed by atoms with E-state index in [1.54, 1.807) is 36.4 Å². The maximum atomic E-state index is 13.6. The number of oxime groups is 1. The van der Waals surface area contributed by atoms with Gasteiger partial charge in [-0.05, 0) is 23.3 Å². The van der Waals surface area contributed by atoms with Gasteiger partial charge in [0.25, 0.3) is 6.01 Å². The van der Waals surface area contributed by atoms with Gasteiger partial charge in [0.15, 0.2) is 0 Å². The van der Waals surface area contributed by atoms with Crippen LogP contribution in [0.2, 0.25) is 0 Å².